The van der Waals surface area contributed by atoms with Gasteiger partial charge in [-0.3, -0.25) is 3.97 Å². The molecule has 0 bridgehead atoms. The molecule has 1 heterocycles. The second-order valence-corrected chi connectivity index (χ2v) is 4.90. The van der Waals surface area contributed by atoms with Crippen molar-refractivity contribution in [3.05, 3.63) is 60.4 Å². The van der Waals surface area contributed by atoms with E-state index in [1.165, 1.54) is 0 Å². The smallest absolute Gasteiger partial charge is 0.119 e. The van der Waals surface area contributed by atoms with Crippen LogP contribution >= 0.6 is 11.9 Å². The number of aromatic nitrogens is 2. The molecule has 4 heteroatoms. The minimum atomic E-state index is 0.342. The van der Waals surface area contributed by atoms with Gasteiger partial charge in [-0.1, -0.05) is 30.3 Å². The first-order valence-electron chi connectivity index (χ1n) is 5.67. The first-order valence-corrected chi connectivity index (χ1v) is 6.61. The molecule has 0 radical (unpaired) electrons. The van der Waals surface area contributed by atoms with E-state index >= 15 is 0 Å². The zero-order valence-electron chi connectivity index (χ0n) is 9.65. The Bertz CT molecular complexity index is 678. The average molecular weight is 256 g/mol. The lowest BCUT2D eigenvalue weighted by Crippen LogP contribution is -1.87. The lowest BCUT2D eigenvalue weighted by molar-refractivity contribution is 0.470. The van der Waals surface area contributed by atoms with Crippen LogP contribution in [0.3, 0.4) is 0 Å². The van der Waals surface area contributed by atoms with Crippen molar-refractivity contribution in [1.29, 1.82) is 0 Å². The zero-order valence-corrected chi connectivity index (χ0v) is 10.5. The van der Waals surface area contributed by atoms with E-state index in [1.54, 1.807) is 18.0 Å². The average Bonchev–Trinajstić information content (AvgIpc) is 2.81. The Balaban J connectivity index is 1.83. The minimum Gasteiger partial charge on any atom is -0.508 e. The highest BCUT2D eigenvalue weighted by Crippen LogP contribution is 2.25. The Kier molecular flexibility index (Phi) is 2.94. The molecule has 0 aliphatic carbocycles. The van der Waals surface area contributed by atoms with Gasteiger partial charge in [-0.25, -0.2) is 4.98 Å². The number of aromatic hydroxyl groups is 1. The van der Waals surface area contributed by atoms with Gasteiger partial charge in [0.15, 0.2) is 0 Å². The highest BCUT2D eigenvalue weighted by molar-refractivity contribution is 7.97. The van der Waals surface area contributed by atoms with Gasteiger partial charge in [0.05, 0.1) is 11.0 Å². The second kappa shape index (κ2) is 4.74. The number of hydrogen-bond acceptors (Lipinski definition) is 3. The molecule has 1 aromatic heterocycles. The van der Waals surface area contributed by atoms with Gasteiger partial charge in [0.1, 0.15) is 12.1 Å². The van der Waals surface area contributed by atoms with E-state index in [4.69, 9.17) is 0 Å². The summed E-state index contributed by atoms with van der Waals surface area (Å²) in [6.07, 6.45) is 1.81. The van der Waals surface area contributed by atoms with Crippen LogP contribution in [-0.2, 0) is 5.75 Å². The SMILES string of the molecule is Oc1ccccc1CSn1cnc2ccccc21. The summed E-state index contributed by atoms with van der Waals surface area (Å²) in [5, 5.41) is 9.71. The van der Waals surface area contributed by atoms with Crippen LogP contribution in [0.4, 0.5) is 0 Å². The minimum absolute atomic E-state index is 0.342. The van der Waals surface area contributed by atoms with Crippen LogP contribution in [0.15, 0.2) is 54.9 Å². The van der Waals surface area contributed by atoms with Crippen molar-refractivity contribution in [2.45, 2.75) is 5.75 Å². The number of hydrogen-bond donors (Lipinski definition) is 1. The molecule has 0 aliphatic rings. The maximum atomic E-state index is 9.71. The molecule has 3 rings (SSSR count). The summed E-state index contributed by atoms with van der Waals surface area (Å²) in [7, 11) is 0. The van der Waals surface area contributed by atoms with Gasteiger partial charge in [-0.2, -0.15) is 0 Å². The molecular weight excluding hydrogens is 244 g/mol. The fourth-order valence-corrected chi connectivity index (χ4v) is 2.74. The summed E-state index contributed by atoms with van der Waals surface area (Å²) >= 11 is 1.62. The molecule has 0 saturated heterocycles. The molecule has 0 amide bonds. The number of nitrogens with zero attached hydrogens (tertiary/aromatic N) is 2. The largest absolute Gasteiger partial charge is 0.508 e. The zero-order chi connectivity index (χ0) is 12.4. The van der Waals surface area contributed by atoms with Crippen LogP contribution in [0.2, 0.25) is 0 Å². The van der Waals surface area contributed by atoms with Gasteiger partial charge in [0, 0.05) is 11.3 Å². The molecule has 2 aromatic carbocycles. The molecule has 3 nitrogen and oxygen atoms in total. The van der Waals surface area contributed by atoms with Gasteiger partial charge in [-0.15, -0.1) is 0 Å². The third-order valence-electron chi connectivity index (χ3n) is 2.77. The predicted octanol–water partition coefficient (Wildman–Crippen LogP) is 3.44. The molecule has 90 valence electrons. The van der Waals surface area contributed by atoms with Crippen LogP contribution in [0.5, 0.6) is 5.75 Å². The molecule has 0 fully saturated rings. The fourth-order valence-electron chi connectivity index (χ4n) is 1.81. The summed E-state index contributed by atoms with van der Waals surface area (Å²) in [6.45, 7) is 0. The molecule has 0 unspecified atom stereocenters. The number of fused-ring (bicyclic) bond motifs is 1. The van der Waals surface area contributed by atoms with Crippen molar-refractivity contribution >= 4 is 23.0 Å². The number of phenols is 1. The Morgan fingerprint density at radius 2 is 1.83 bits per heavy atom. The lowest BCUT2D eigenvalue weighted by atomic mass is 10.2. The molecule has 0 aliphatic heterocycles. The van der Waals surface area contributed by atoms with E-state index in [1.807, 2.05) is 52.8 Å². The number of rotatable bonds is 3. The number of benzene rings is 2. The summed E-state index contributed by atoms with van der Waals surface area (Å²) in [4.78, 5) is 4.33. The maximum absolute atomic E-state index is 9.71. The number of imidazole rings is 1. The molecule has 0 saturated carbocycles. The first kappa shape index (κ1) is 11.2. The Hall–Kier alpha value is -1.94. The number of para-hydroxylation sites is 3. The van der Waals surface area contributed by atoms with Crippen molar-refractivity contribution in [2.75, 3.05) is 0 Å². The third-order valence-corrected chi connectivity index (χ3v) is 3.78. The first-order chi connectivity index (χ1) is 8.84. The highest BCUT2D eigenvalue weighted by atomic mass is 32.2. The molecule has 1 N–H and O–H groups in total. The van der Waals surface area contributed by atoms with Crippen molar-refractivity contribution in [1.82, 2.24) is 8.96 Å². The Labute approximate surface area is 109 Å². The topological polar surface area (TPSA) is 38.0 Å². The van der Waals surface area contributed by atoms with Crippen LogP contribution in [0, 0.1) is 0 Å². The normalized spacial score (nSPS) is 10.9. The fraction of sp³-hybridized carbons (Fsp3) is 0.0714. The summed E-state index contributed by atoms with van der Waals surface area (Å²) in [6, 6.07) is 15.4. The van der Waals surface area contributed by atoms with Gasteiger partial charge in [0.25, 0.3) is 0 Å². The van der Waals surface area contributed by atoms with Gasteiger partial charge in [0.2, 0.25) is 0 Å². The van der Waals surface area contributed by atoms with E-state index < -0.39 is 0 Å². The number of phenolic OH excluding ortho intramolecular Hbond substituents is 1. The van der Waals surface area contributed by atoms with Crippen molar-refractivity contribution in [3.63, 3.8) is 0 Å². The molecule has 0 spiro atoms. The molecule has 3 aromatic rings. The van der Waals surface area contributed by atoms with Crippen LogP contribution in [0.25, 0.3) is 11.0 Å². The summed E-state index contributed by atoms with van der Waals surface area (Å²) in [5.41, 5.74) is 3.01. The second-order valence-electron chi connectivity index (χ2n) is 3.96. The quantitative estimate of drug-likeness (QED) is 0.780. The van der Waals surface area contributed by atoms with E-state index in [0.717, 1.165) is 16.6 Å². The molecular formula is C14H12N2OS. The van der Waals surface area contributed by atoms with Crippen molar-refractivity contribution in [2.24, 2.45) is 0 Å². The summed E-state index contributed by atoms with van der Waals surface area (Å²) in [5.74, 6) is 1.06. The van der Waals surface area contributed by atoms with E-state index in [0.29, 0.717) is 11.5 Å². The van der Waals surface area contributed by atoms with E-state index in [-0.39, 0.29) is 0 Å². The van der Waals surface area contributed by atoms with Crippen molar-refractivity contribution < 1.29 is 5.11 Å². The monoisotopic (exact) mass is 256 g/mol. The van der Waals surface area contributed by atoms with E-state index in [9.17, 15) is 5.11 Å². The predicted molar refractivity (Wildman–Crippen MR) is 74.5 cm³/mol. The van der Waals surface area contributed by atoms with Crippen LogP contribution < -0.4 is 0 Å². The van der Waals surface area contributed by atoms with Crippen LogP contribution in [0.1, 0.15) is 5.56 Å². The molecule has 0 atom stereocenters. The molecule has 18 heavy (non-hydrogen) atoms. The highest BCUT2D eigenvalue weighted by Gasteiger charge is 2.04. The standard InChI is InChI=1S/C14H12N2OS/c17-14-8-4-1-5-11(14)9-18-16-10-15-12-6-2-3-7-13(12)16/h1-8,10,17H,9H2. The maximum Gasteiger partial charge on any atom is 0.119 e. The summed E-state index contributed by atoms with van der Waals surface area (Å²) < 4.78 is 2.03. The van der Waals surface area contributed by atoms with Gasteiger partial charge < -0.3 is 5.11 Å². The Morgan fingerprint density at radius 3 is 2.72 bits per heavy atom. The van der Waals surface area contributed by atoms with E-state index in [2.05, 4.69) is 4.98 Å². The van der Waals surface area contributed by atoms with Crippen molar-refractivity contribution in [3.8, 4) is 5.75 Å². The van der Waals surface area contributed by atoms with Gasteiger partial charge >= 0.3 is 0 Å². The third kappa shape index (κ3) is 2.07. The van der Waals surface area contributed by atoms with Gasteiger partial charge in [-0.05, 0) is 30.1 Å². The van der Waals surface area contributed by atoms with Crippen LogP contribution in [-0.4, -0.2) is 14.1 Å². The lowest BCUT2D eigenvalue weighted by Gasteiger charge is -2.05. The Morgan fingerprint density at radius 1 is 1.06 bits per heavy atom.